The minimum atomic E-state index is -0.352. The molecule has 4 nitrogen and oxygen atoms in total. The predicted octanol–water partition coefficient (Wildman–Crippen LogP) is 2.45. The van der Waals surface area contributed by atoms with Crippen LogP contribution in [0.25, 0.3) is 0 Å². The summed E-state index contributed by atoms with van der Waals surface area (Å²) in [5, 5.41) is 2.84. The molecule has 0 aliphatic rings. The molecule has 0 radical (unpaired) electrons. The van der Waals surface area contributed by atoms with Crippen LogP contribution in [-0.2, 0) is 0 Å². The maximum absolute atomic E-state index is 12.9. The molecular weight excluding hydrogens is 209 g/mol. The van der Waals surface area contributed by atoms with Gasteiger partial charge in [0.15, 0.2) is 0 Å². The molecule has 0 bridgehead atoms. The molecule has 1 aromatic heterocycles. The van der Waals surface area contributed by atoms with Gasteiger partial charge in [0.2, 0.25) is 5.88 Å². The fourth-order valence-corrected chi connectivity index (χ4v) is 1.17. The summed E-state index contributed by atoms with van der Waals surface area (Å²) in [7, 11) is 1.73. The highest BCUT2D eigenvalue weighted by Crippen LogP contribution is 2.20. The molecule has 16 heavy (non-hydrogen) atoms. The van der Waals surface area contributed by atoms with Crippen LogP contribution in [0.4, 0.5) is 10.2 Å². The molecule has 1 aromatic carbocycles. The Morgan fingerprint density at radius 2 is 2.19 bits per heavy atom. The largest absolute Gasteiger partial charge is 0.437 e. The quantitative estimate of drug-likeness (QED) is 0.861. The van der Waals surface area contributed by atoms with Crippen molar-refractivity contribution in [1.29, 1.82) is 0 Å². The van der Waals surface area contributed by atoms with Gasteiger partial charge in [0.1, 0.15) is 17.4 Å². The molecule has 2 rings (SSSR count). The van der Waals surface area contributed by atoms with Crippen molar-refractivity contribution in [3.8, 4) is 11.6 Å². The van der Waals surface area contributed by atoms with Crippen LogP contribution in [0.15, 0.2) is 36.7 Å². The van der Waals surface area contributed by atoms with E-state index >= 15 is 0 Å². The Morgan fingerprint density at radius 1 is 1.31 bits per heavy atom. The Labute approximate surface area is 92.1 Å². The van der Waals surface area contributed by atoms with Crippen LogP contribution in [-0.4, -0.2) is 17.0 Å². The van der Waals surface area contributed by atoms with Gasteiger partial charge < -0.3 is 10.1 Å². The topological polar surface area (TPSA) is 47.0 Å². The normalized spacial score (nSPS) is 9.88. The highest BCUT2D eigenvalue weighted by Gasteiger charge is 2.01. The minimum Gasteiger partial charge on any atom is -0.437 e. The van der Waals surface area contributed by atoms with Crippen LogP contribution in [0.2, 0.25) is 0 Å². The van der Waals surface area contributed by atoms with Crippen LogP contribution in [0, 0.1) is 5.82 Å². The Kier molecular flexibility index (Phi) is 2.95. The lowest BCUT2D eigenvalue weighted by Gasteiger charge is -2.05. The van der Waals surface area contributed by atoms with Crippen LogP contribution < -0.4 is 10.1 Å². The first-order chi connectivity index (χ1) is 7.78. The van der Waals surface area contributed by atoms with Crippen LogP contribution >= 0.6 is 0 Å². The predicted molar refractivity (Wildman–Crippen MR) is 58.1 cm³/mol. The second-order valence-corrected chi connectivity index (χ2v) is 3.05. The summed E-state index contributed by atoms with van der Waals surface area (Å²) in [6.07, 6.45) is 3.03. The number of rotatable bonds is 3. The maximum Gasteiger partial charge on any atom is 0.239 e. The van der Waals surface area contributed by atoms with E-state index in [1.807, 2.05) is 0 Å². The van der Waals surface area contributed by atoms with Crippen molar-refractivity contribution < 1.29 is 9.13 Å². The van der Waals surface area contributed by atoms with E-state index in [2.05, 4.69) is 15.3 Å². The number of aromatic nitrogens is 2. The summed E-state index contributed by atoms with van der Waals surface area (Å²) in [6.45, 7) is 0. The number of halogens is 1. The zero-order valence-corrected chi connectivity index (χ0v) is 8.64. The molecule has 0 aliphatic heterocycles. The lowest BCUT2D eigenvalue weighted by molar-refractivity contribution is 0.456. The molecule has 0 saturated carbocycles. The van der Waals surface area contributed by atoms with E-state index in [0.717, 1.165) is 0 Å². The van der Waals surface area contributed by atoms with Gasteiger partial charge in [-0.1, -0.05) is 6.07 Å². The van der Waals surface area contributed by atoms with Gasteiger partial charge >= 0.3 is 0 Å². The van der Waals surface area contributed by atoms with Crippen molar-refractivity contribution in [2.75, 3.05) is 12.4 Å². The van der Waals surface area contributed by atoms with Gasteiger partial charge in [-0.25, -0.2) is 4.39 Å². The number of hydrogen-bond acceptors (Lipinski definition) is 4. The Bertz CT molecular complexity index is 490. The molecule has 0 aliphatic carbocycles. The molecule has 0 fully saturated rings. The van der Waals surface area contributed by atoms with Gasteiger partial charge in [-0.15, -0.1) is 0 Å². The molecule has 0 unspecified atom stereocenters. The number of anilines is 1. The fourth-order valence-electron chi connectivity index (χ4n) is 1.17. The molecule has 0 amide bonds. The Hall–Kier alpha value is -2.17. The van der Waals surface area contributed by atoms with Crippen molar-refractivity contribution in [3.63, 3.8) is 0 Å². The van der Waals surface area contributed by atoms with E-state index in [9.17, 15) is 4.39 Å². The van der Waals surface area contributed by atoms with E-state index in [1.54, 1.807) is 25.4 Å². The van der Waals surface area contributed by atoms with E-state index < -0.39 is 0 Å². The summed E-state index contributed by atoms with van der Waals surface area (Å²) >= 11 is 0. The molecule has 2 aromatic rings. The zero-order chi connectivity index (χ0) is 11.4. The summed E-state index contributed by atoms with van der Waals surface area (Å²) in [5.41, 5.74) is 0. The van der Waals surface area contributed by atoms with Crippen molar-refractivity contribution in [2.45, 2.75) is 0 Å². The molecule has 1 heterocycles. The summed E-state index contributed by atoms with van der Waals surface area (Å²) < 4.78 is 18.2. The number of benzene rings is 1. The number of hydrogen-bond donors (Lipinski definition) is 1. The van der Waals surface area contributed by atoms with Gasteiger partial charge in [0.25, 0.3) is 0 Å². The average Bonchev–Trinajstić information content (AvgIpc) is 2.29. The highest BCUT2D eigenvalue weighted by molar-refractivity contribution is 5.34. The Morgan fingerprint density at radius 3 is 2.94 bits per heavy atom. The van der Waals surface area contributed by atoms with E-state index in [-0.39, 0.29) is 5.82 Å². The molecule has 5 heteroatoms. The molecule has 0 atom stereocenters. The van der Waals surface area contributed by atoms with E-state index in [0.29, 0.717) is 17.4 Å². The van der Waals surface area contributed by atoms with Gasteiger partial charge in [0.05, 0.1) is 12.4 Å². The van der Waals surface area contributed by atoms with Crippen LogP contribution in [0.1, 0.15) is 0 Å². The smallest absolute Gasteiger partial charge is 0.239 e. The second-order valence-electron chi connectivity index (χ2n) is 3.05. The second kappa shape index (κ2) is 4.57. The molecule has 1 N–H and O–H groups in total. The van der Waals surface area contributed by atoms with Crippen LogP contribution in [0.5, 0.6) is 11.6 Å². The summed E-state index contributed by atoms with van der Waals surface area (Å²) in [5.74, 6) is 0.948. The lowest BCUT2D eigenvalue weighted by atomic mass is 10.3. The Balaban J connectivity index is 2.20. The minimum absolute atomic E-state index is 0.317. The zero-order valence-electron chi connectivity index (χ0n) is 8.64. The number of nitrogens with one attached hydrogen (secondary N) is 1. The standard InChI is InChI=1S/C11H10FN3O/c1-13-10-6-14-7-11(15-10)16-9-4-2-3-8(12)5-9/h2-7H,1H3,(H,13,15). The molecular formula is C11H10FN3O. The van der Waals surface area contributed by atoms with Gasteiger partial charge in [0, 0.05) is 13.1 Å². The van der Waals surface area contributed by atoms with Gasteiger partial charge in [-0.3, -0.25) is 4.98 Å². The summed E-state index contributed by atoms with van der Waals surface area (Å²) in [4.78, 5) is 8.03. The maximum atomic E-state index is 12.9. The molecule has 0 spiro atoms. The first kappa shape index (κ1) is 10.4. The highest BCUT2D eigenvalue weighted by atomic mass is 19.1. The van der Waals surface area contributed by atoms with Gasteiger partial charge in [-0.05, 0) is 12.1 Å². The average molecular weight is 219 g/mol. The summed E-state index contributed by atoms with van der Waals surface area (Å²) in [6, 6.07) is 5.85. The van der Waals surface area contributed by atoms with E-state index in [4.69, 9.17) is 4.74 Å². The first-order valence-electron chi connectivity index (χ1n) is 4.71. The third kappa shape index (κ3) is 2.44. The van der Waals surface area contributed by atoms with Crippen molar-refractivity contribution in [2.24, 2.45) is 0 Å². The van der Waals surface area contributed by atoms with Gasteiger partial charge in [-0.2, -0.15) is 4.98 Å². The number of ether oxygens (including phenoxy) is 1. The third-order valence-corrected chi connectivity index (χ3v) is 1.89. The lowest BCUT2D eigenvalue weighted by Crippen LogP contribution is -1.95. The number of nitrogens with zero attached hydrogens (tertiary/aromatic N) is 2. The molecule has 0 saturated heterocycles. The third-order valence-electron chi connectivity index (χ3n) is 1.89. The van der Waals surface area contributed by atoms with E-state index in [1.165, 1.54) is 18.3 Å². The fraction of sp³-hybridized carbons (Fsp3) is 0.0909. The molecule has 82 valence electrons. The first-order valence-corrected chi connectivity index (χ1v) is 4.71. The monoisotopic (exact) mass is 219 g/mol. The van der Waals surface area contributed by atoms with Crippen molar-refractivity contribution >= 4 is 5.82 Å². The van der Waals surface area contributed by atoms with Crippen molar-refractivity contribution in [1.82, 2.24) is 9.97 Å². The van der Waals surface area contributed by atoms with Crippen LogP contribution in [0.3, 0.4) is 0 Å². The SMILES string of the molecule is CNc1cncc(Oc2cccc(F)c2)n1. The van der Waals surface area contributed by atoms with Crippen molar-refractivity contribution in [3.05, 3.63) is 42.5 Å².